The highest BCUT2D eigenvalue weighted by Gasteiger charge is 2.41. The number of nitrogens with zero attached hydrogens (tertiary/aromatic N) is 2. The zero-order valence-corrected chi connectivity index (χ0v) is 16.9. The Hall–Kier alpha value is -2.32. The van der Waals surface area contributed by atoms with Crippen molar-refractivity contribution in [3.63, 3.8) is 0 Å². The molecule has 0 aromatic heterocycles. The molecule has 2 saturated heterocycles. The Balaban J connectivity index is 1.44. The first-order valence-electron chi connectivity index (χ1n) is 9.99. The second-order valence-corrected chi connectivity index (χ2v) is 8.49. The topological polar surface area (TPSA) is 102 Å². The Kier molecular flexibility index (Phi) is 5.40. The van der Waals surface area contributed by atoms with Crippen LogP contribution in [-0.2, 0) is 9.59 Å². The quantitative estimate of drug-likeness (QED) is 0.667. The van der Waals surface area contributed by atoms with Gasteiger partial charge in [-0.2, -0.15) is 0 Å². The van der Waals surface area contributed by atoms with Crippen LogP contribution in [0.5, 0.6) is 0 Å². The molecule has 1 aromatic rings. The molecule has 3 heterocycles. The summed E-state index contributed by atoms with van der Waals surface area (Å²) >= 11 is 5.99. The van der Waals surface area contributed by atoms with Gasteiger partial charge in [-0.1, -0.05) is 11.6 Å². The number of carbonyl (C=O) groups is 3. The van der Waals surface area contributed by atoms with Crippen molar-refractivity contribution >= 4 is 35.0 Å². The highest BCUT2D eigenvalue weighted by atomic mass is 35.5. The predicted molar refractivity (Wildman–Crippen MR) is 108 cm³/mol. The van der Waals surface area contributed by atoms with Gasteiger partial charge in [0.15, 0.2) is 0 Å². The molecule has 8 nitrogen and oxygen atoms in total. The van der Waals surface area contributed by atoms with Crippen molar-refractivity contribution in [3.8, 4) is 0 Å². The number of aliphatic hydroxyl groups is 1. The van der Waals surface area contributed by atoms with E-state index in [0.29, 0.717) is 55.2 Å². The maximum atomic E-state index is 12.6. The zero-order valence-electron chi connectivity index (χ0n) is 16.1. The number of halogens is 1. The molecule has 0 radical (unpaired) electrons. The fourth-order valence-corrected chi connectivity index (χ4v) is 4.47. The molecule has 1 aromatic carbocycles. The molecule has 2 unspecified atom stereocenters. The minimum atomic E-state index is -0.729. The Morgan fingerprint density at radius 1 is 1.24 bits per heavy atom. The van der Waals surface area contributed by atoms with E-state index in [1.54, 1.807) is 28.0 Å². The van der Waals surface area contributed by atoms with Gasteiger partial charge >= 0.3 is 0 Å². The third-order valence-corrected chi connectivity index (χ3v) is 6.19. The average Bonchev–Trinajstić information content (AvgIpc) is 2.83. The molecule has 2 fully saturated rings. The van der Waals surface area contributed by atoms with Crippen molar-refractivity contribution < 1.29 is 19.5 Å². The molecule has 3 aliphatic heterocycles. The molecule has 3 aliphatic rings. The molecule has 0 saturated carbocycles. The lowest BCUT2D eigenvalue weighted by Gasteiger charge is -2.40. The highest BCUT2D eigenvalue weighted by molar-refractivity contribution is 6.31. The number of hydrogen-bond acceptors (Lipinski definition) is 5. The monoisotopic (exact) mass is 420 g/mol. The molecule has 4 rings (SSSR count). The number of aliphatic hydroxyl groups excluding tert-OH is 1. The third kappa shape index (κ3) is 4.18. The first kappa shape index (κ1) is 20.0. The molecule has 9 heteroatoms. The van der Waals surface area contributed by atoms with Crippen LogP contribution in [0.1, 0.15) is 42.5 Å². The van der Waals surface area contributed by atoms with E-state index in [9.17, 15) is 19.5 Å². The summed E-state index contributed by atoms with van der Waals surface area (Å²) in [6.45, 7) is 1.29. The molecular formula is C20H25ClN4O4. The summed E-state index contributed by atoms with van der Waals surface area (Å²) in [5, 5.41) is 16.7. The molecule has 29 heavy (non-hydrogen) atoms. The van der Waals surface area contributed by atoms with Gasteiger partial charge in [0.25, 0.3) is 5.91 Å². The average molecular weight is 421 g/mol. The number of amides is 3. The molecule has 2 atom stereocenters. The van der Waals surface area contributed by atoms with Crippen LogP contribution in [0.2, 0.25) is 5.02 Å². The van der Waals surface area contributed by atoms with Crippen molar-refractivity contribution in [1.29, 1.82) is 0 Å². The number of carbonyl (C=O) groups excluding carboxylic acids is 3. The first-order chi connectivity index (χ1) is 13.8. The minimum absolute atomic E-state index is 0.00176. The summed E-state index contributed by atoms with van der Waals surface area (Å²) in [5.74, 6) is -0.472. The van der Waals surface area contributed by atoms with E-state index in [-0.39, 0.29) is 30.7 Å². The molecule has 3 N–H and O–H groups in total. The van der Waals surface area contributed by atoms with Crippen molar-refractivity contribution in [3.05, 3.63) is 28.8 Å². The zero-order chi connectivity index (χ0) is 20.6. The van der Waals surface area contributed by atoms with Crippen molar-refractivity contribution in [2.24, 2.45) is 0 Å². The van der Waals surface area contributed by atoms with E-state index in [1.807, 2.05) is 0 Å². The number of nitrogens with one attached hydrogen (secondary N) is 2. The lowest BCUT2D eigenvalue weighted by molar-refractivity contribution is -0.141. The van der Waals surface area contributed by atoms with Gasteiger partial charge in [0, 0.05) is 43.2 Å². The van der Waals surface area contributed by atoms with Crippen LogP contribution in [0.3, 0.4) is 0 Å². The van der Waals surface area contributed by atoms with Gasteiger partial charge in [0.05, 0.1) is 18.2 Å². The molecular weight excluding hydrogens is 396 g/mol. The number of anilines is 1. The van der Waals surface area contributed by atoms with E-state index in [0.717, 1.165) is 6.42 Å². The fourth-order valence-electron chi connectivity index (χ4n) is 4.30. The summed E-state index contributed by atoms with van der Waals surface area (Å²) in [7, 11) is 0. The molecule has 1 spiro atoms. The fraction of sp³-hybridized carbons (Fsp3) is 0.550. The SMILES string of the molecule is O=C1NC2(CCC(=O)N(CC(=O)N3CCCC(O)C3)CC2)Nc2ccc(Cl)cc21. The van der Waals surface area contributed by atoms with E-state index < -0.39 is 11.8 Å². The van der Waals surface area contributed by atoms with Gasteiger partial charge in [0.2, 0.25) is 11.8 Å². The molecule has 0 bridgehead atoms. The van der Waals surface area contributed by atoms with Crippen LogP contribution < -0.4 is 10.6 Å². The van der Waals surface area contributed by atoms with Crippen LogP contribution in [0.25, 0.3) is 0 Å². The van der Waals surface area contributed by atoms with Gasteiger partial charge < -0.3 is 25.5 Å². The van der Waals surface area contributed by atoms with Crippen LogP contribution in [0.15, 0.2) is 18.2 Å². The van der Waals surface area contributed by atoms with Crippen molar-refractivity contribution in [1.82, 2.24) is 15.1 Å². The molecule has 0 aliphatic carbocycles. The number of hydrogen-bond donors (Lipinski definition) is 3. The van der Waals surface area contributed by atoms with Crippen LogP contribution >= 0.6 is 11.6 Å². The standard InChI is InChI=1S/C20H25ClN4O4/c21-13-3-4-16-15(10-13)19(29)23-20(22-16)6-5-17(27)25(9-7-20)12-18(28)24-8-1-2-14(26)11-24/h3-4,10,14,22,26H,1-2,5-9,11-12H2,(H,23,29). The van der Waals surface area contributed by atoms with Crippen LogP contribution in [0.4, 0.5) is 5.69 Å². The van der Waals surface area contributed by atoms with Crippen molar-refractivity contribution in [2.75, 3.05) is 31.5 Å². The van der Waals surface area contributed by atoms with Gasteiger partial charge in [-0.25, -0.2) is 0 Å². The van der Waals surface area contributed by atoms with Crippen LogP contribution in [-0.4, -0.2) is 70.6 Å². The minimum Gasteiger partial charge on any atom is -0.391 e. The van der Waals surface area contributed by atoms with E-state index in [1.165, 1.54) is 0 Å². The second kappa shape index (κ2) is 7.84. The Labute approximate surface area is 174 Å². The summed E-state index contributed by atoms with van der Waals surface area (Å²) < 4.78 is 0. The maximum absolute atomic E-state index is 12.6. The van der Waals surface area contributed by atoms with E-state index in [2.05, 4.69) is 10.6 Å². The first-order valence-corrected chi connectivity index (χ1v) is 10.4. The van der Waals surface area contributed by atoms with Gasteiger partial charge in [-0.15, -0.1) is 0 Å². The number of fused-ring (bicyclic) bond motifs is 1. The number of piperidine rings is 1. The Morgan fingerprint density at radius 3 is 2.86 bits per heavy atom. The summed E-state index contributed by atoms with van der Waals surface area (Å²) in [6, 6.07) is 5.11. The third-order valence-electron chi connectivity index (χ3n) is 5.96. The number of rotatable bonds is 2. The molecule has 156 valence electrons. The lowest BCUT2D eigenvalue weighted by atomic mass is 9.95. The number of likely N-dealkylation sites (tertiary alicyclic amines) is 2. The van der Waals surface area contributed by atoms with E-state index >= 15 is 0 Å². The van der Waals surface area contributed by atoms with Crippen molar-refractivity contribution in [2.45, 2.75) is 43.9 Å². The smallest absolute Gasteiger partial charge is 0.255 e. The maximum Gasteiger partial charge on any atom is 0.255 e. The summed E-state index contributed by atoms with van der Waals surface area (Å²) in [6.07, 6.45) is 2.13. The predicted octanol–water partition coefficient (Wildman–Crippen LogP) is 1.19. The number of β-amino-alcohol motifs (C(OH)–C–C–N with tert-alkyl or cyclic N) is 1. The second-order valence-electron chi connectivity index (χ2n) is 8.05. The van der Waals surface area contributed by atoms with Gasteiger partial charge in [-0.05, 0) is 37.5 Å². The Morgan fingerprint density at radius 2 is 2.07 bits per heavy atom. The summed E-state index contributed by atoms with van der Waals surface area (Å²) in [5.41, 5.74) is 0.444. The Bertz CT molecular complexity index is 848. The van der Waals surface area contributed by atoms with Crippen LogP contribution in [0, 0.1) is 0 Å². The lowest BCUT2D eigenvalue weighted by Crippen LogP contribution is -2.58. The molecule has 3 amide bonds. The summed E-state index contributed by atoms with van der Waals surface area (Å²) in [4.78, 5) is 41.0. The van der Waals surface area contributed by atoms with Gasteiger partial charge in [0.1, 0.15) is 5.66 Å². The van der Waals surface area contributed by atoms with Gasteiger partial charge in [-0.3, -0.25) is 14.4 Å². The number of benzene rings is 1. The highest BCUT2D eigenvalue weighted by Crippen LogP contribution is 2.33. The normalized spacial score (nSPS) is 27.2. The van der Waals surface area contributed by atoms with E-state index in [4.69, 9.17) is 11.6 Å². The largest absolute Gasteiger partial charge is 0.391 e.